The number of hydrogen-bond acceptors (Lipinski definition) is 2. The van der Waals surface area contributed by atoms with Crippen molar-refractivity contribution in [2.45, 2.75) is 0 Å². The highest BCUT2D eigenvalue weighted by Crippen LogP contribution is 2.49. The Kier molecular flexibility index (Phi) is 4.55. The number of hydrogen-bond donors (Lipinski definition) is 0. The van der Waals surface area contributed by atoms with Crippen LogP contribution in [0.2, 0.25) is 0 Å². The SMILES string of the molecule is c1ccc2cc(-c3c4ccccc4c(-c4cc5ccoc5c5c4sc4ccccc45)c4ccccc34)ccc2c1. The van der Waals surface area contributed by atoms with Gasteiger partial charge in [-0.1, -0.05) is 103 Å². The van der Waals surface area contributed by atoms with Crippen LogP contribution in [0.3, 0.4) is 0 Å². The van der Waals surface area contributed by atoms with E-state index in [1.807, 2.05) is 17.6 Å². The first-order valence-corrected chi connectivity index (χ1v) is 14.4. The second-order valence-corrected chi connectivity index (χ2v) is 11.5. The van der Waals surface area contributed by atoms with Crippen molar-refractivity contribution >= 4 is 74.8 Å². The summed E-state index contributed by atoms with van der Waals surface area (Å²) in [5, 5.41) is 11.2. The first-order valence-electron chi connectivity index (χ1n) is 13.6. The van der Waals surface area contributed by atoms with Crippen molar-refractivity contribution in [1.29, 1.82) is 0 Å². The van der Waals surface area contributed by atoms with E-state index < -0.39 is 0 Å². The van der Waals surface area contributed by atoms with Gasteiger partial charge < -0.3 is 4.42 Å². The van der Waals surface area contributed by atoms with E-state index in [2.05, 4.69) is 127 Å². The molecule has 0 unspecified atom stereocenters. The summed E-state index contributed by atoms with van der Waals surface area (Å²) in [6, 6.07) is 46.4. The third kappa shape index (κ3) is 3.03. The second-order valence-electron chi connectivity index (χ2n) is 10.5. The van der Waals surface area contributed by atoms with E-state index in [1.54, 1.807) is 0 Å². The normalized spacial score (nSPS) is 12.0. The average Bonchev–Trinajstić information content (AvgIpc) is 3.64. The number of benzene rings is 7. The van der Waals surface area contributed by atoms with Crippen LogP contribution < -0.4 is 0 Å². The van der Waals surface area contributed by atoms with Gasteiger partial charge in [-0.05, 0) is 73.3 Å². The standard InChI is InChI=1S/C38H22OS/c1-2-10-24-21-25(18-17-23(24)9-1)34-27-11-3-5-13-29(27)35(30-14-6-4-12-28(30)34)32-22-26-19-20-39-37(26)36-31-15-7-8-16-33(31)40-38(32)36/h1-22H. The van der Waals surface area contributed by atoms with Crippen LogP contribution in [0, 0.1) is 0 Å². The number of thiophene rings is 1. The Morgan fingerprint density at radius 3 is 1.85 bits per heavy atom. The fraction of sp³-hybridized carbons (Fsp3) is 0. The zero-order chi connectivity index (χ0) is 26.2. The summed E-state index contributed by atoms with van der Waals surface area (Å²) in [6.45, 7) is 0. The van der Waals surface area contributed by atoms with Crippen molar-refractivity contribution in [2.75, 3.05) is 0 Å². The molecule has 2 aromatic heterocycles. The molecule has 0 fully saturated rings. The molecule has 9 aromatic rings. The summed E-state index contributed by atoms with van der Waals surface area (Å²) < 4.78 is 8.64. The Hall–Kier alpha value is -4.92. The van der Waals surface area contributed by atoms with Crippen LogP contribution in [0.1, 0.15) is 0 Å². The molecule has 0 aliphatic carbocycles. The number of fused-ring (bicyclic) bond motifs is 8. The van der Waals surface area contributed by atoms with E-state index in [4.69, 9.17) is 4.42 Å². The Bertz CT molecular complexity index is 2380. The third-order valence-corrected chi connectivity index (χ3v) is 9.51. The summed E-state index contributed by atoms with van der Waals surface area (Å²) in [4.78, 5) is 0. The van der Waals surface area contributed by atoms with Crippen LogP contribution in [0.4, 0.5) is 0 Å². The third-order valence-electron chi connectivity index (χ3n) is 8.30. The van der Waals surface area contributed by atoms with Gasteiger partial charge in [-0.25, -0.2) is 0 Å². The molecule has 0 N–H and O–H groups in total. The highest BCUT2D eigenvalue weighted by Gasteiger charge is 2.21. The monoisotopic (exact) mass is 526 g/mol. The quantitative estimate of drug-likeness (QED) is 0.204. The molecule has 0 aliphatic rings. The molecule has 0 saturated heterocycles. The number of furan rings is 1. The van der Waals surface area contributed by atoms with Crippen LogP contribution in [0.5, 0.6) is 0 Å². The maximum absolute atomic E-state index is 6.08. The molecule has 0 amide bonds. The highest BCUT2D eigenvalue weighted by atomic mass is 32.1. The van der Waals surface area contributed by atoms with Gasteiger partial charge >= 0.3 is 0 Å². The Morgan fingerprint density at radius 1 is 0.475 bits per heavy atom. The van der Waals surface area contributed by atoms with Crippen LogP contribution in [-0.4, -0.2) is 0 Å². The van der Waals surface area contributed by atoms with Gasteiger partial charge in [0.2, 0.25) is 0 Å². The molecule has 0 bridgehead atoms. The van der Waals surface area contributed by atoms with E-state index in [0.29, 0.717) is 0 Å². The first kappa shape index (κ1) is 22.0. The molecule has 0 aliphatic heterocycles. The molecule has 1 nitrogen and oxygen atoms in total. The molecular formula is C38H22OS. The minimum Gasteiger partial charge on any atom is -0.464 e. The lowest BCUT2D eigenvalue weighted by molar-refractivity contribution is 0.619. The van der Waals surface area contributed by atoms with Gasteiger partial charge in [-0.3, -0.25) is 0 Å². The second kappa shape index (κ2) is 8.29. The lowest BCUT2D eigenvalue weighted by Gasteiger charge is -2.18. The summed E-state index contributed by atoms with van der Waals surface area (Å²) >= 11 is 1.86. The Labute approximate surface area is 234 Å². The van der Waals surface area contributed by atoms with Crippen LogP contribution in [0.15, 0.2) is 138 Å². The van der Waals surface area contributed by atoms with E-state index in [0.717, 1.165) is 11.0 Å². The molecule has 2 heteroatoms. The zero-order valence-corrected chi connectivity index (χ0v) is 22.3. The minimum atomic E-state index is 0.970. The van der Waals surface area contributed by atoms with Crippen molar-refractivity contribution in [3.05, 3.63) is 134 Å². The first-order chi connectivity index (χ1) is 19.8. The fourth-order valence-electron chi connectivity index (χ4n) is 6.58. The van der Waals surface area contributed by atoms with E-state index >= 15 is 0 Å². The van der Waals surface area contributed by atoms with Gasteiger partial charge in [0.05, 0.1) is 6.26 Å². The molecular weight excluding hydrogens is 504 g/mol. The minimum absolute atomic E-state index is 0.970. The molecule has 2 heterocycles. The van der Waals surface area contributed by atoms with Crippen LogP contribution in [-0.2, 0) is 0 Å². The van der Waals surface area contributed by atoms with Crippen molar-refractivity contribution < 1.29 is 4.42 Å². The lowest BCUT2D eigenvalue weighted by Crippen LogP contribution is -1.91. The predicted octanol–water partition coefficient (Wildman–Crippen LogP) is 11.6. The van der Waals surface area contributed by atoms with Crippen molar-refractivity contribution in [2.24, 2.45) is 0 Å². The lowest BCUT2D eigenvalue weighted by atomic mass is 9.85. The smallest absolute Gasteiger partial charge is 0.143 e. The van der Waals surface area contributed by atoms with Gasteiger partial charge in [-0.15, -0.1) is 11.3 Å². The summed E-state index contributed by atoms with van der Waals surface area (Å²) in [5.74, 6) is 0. The maximum Gasteiger partial charge on any atom is 0.143 e. The fourth-order valence-corrected chi connectivity index (χ4v) is 7.80. The molecule has 186 valence electrons. The summed E-state index contributed by atoms with van der Waals surface area (Å²) in [5.41, 5.74) is 6.06. The van der Waals surface area contributed by atoms with Gasteiger partial charge in [0, 0.05) is 31.1 Å². The van der Waals surface area contributed by atoms with Crippen molar-refractivity contribution in [3.63, 3.8) is 0 Å². The molecule has 7 aromatic carbocycles. The molecule has 0 radical (unpaired) electrons. The van der Waals surface area contributed by atoms with E-state index in [-0.39, 0.29) is 0 Å². The molecule has 0 saturated carbocycles. The molecule has 0 spiro atoms. The van der Waals surface area contributed by atoms with Gasteiger partial charge in [0.1, 0.15) is 5.58 Å². The van der Waals surface area contributed by atoms with Gasteiger partial charge in [-0.2, -0.15) is 0 Å². The maximum atomic E-state index is 6.08. The van der Waals surface area contributed by atoms with E-state index in [9.17, 15) is 0 Å². The Morgan fingerprint density at radius 2 is 1.10 bits per heavy atom. The van der Waals surface area contributed by atoms with Crippen LogP contribution in [0.25, 0.3) is 85.7 Å². The summed E-state index contributed by atoms with van der Waals surface area (Å²) in [7, 11) is 0. The Balaban J connectivity index is 1.47. The summed E-state index contributed by atoms with van der Waals surface area (Å²) in [6.07, 6.45) is 1.82. The van der Waals surface area contributed by atoms with Gasteiger partial charge in [0.15, 0.2) is 0 Å². The average molecular weight is 527 g/mol. The molecule has 0 atom stereocenters. The largest absolute Gasteiger partial charge is 0.464 e. The van der Waals surface area contributed by atoms with Crippen LogP contribution >= 0.6 is 11.3 Å². The topological polar surface area (TPSA) is 13.1 Å². The molecule has 40 heavy (non-hydrogen) atoms. The molecule has 9 rings (SSSR count). The van der Waals surface area contributed by atoms with Crippen molar-refractivity contribution in [3.8, 4) is 22.3 Å². The number of rotatable bonds is 2. The van der Waals surface area contributed by atoms with E-state index in [1.165, 1.54) is 74.7 Å². The predicted molar refractivity (Wildman–Crippen MR) is 172 cm³/mol. The highest BCUT2D eigenvalue weighted by molar-refractivity contribution is 7.26. The zero-order valence-electron chi connectivity index (χ0n) is 21.5. The van der Waals surface area contributed by atoms with Crippen molar-refractivity contribution in [1.82, 2.24) is 0 Å². The van der Waals surface area contributed by atoms with Gasteiger partial charge in [0.25, 0.3) is 0 Å².